The molecule has 1 aromatic rings. The van der Waals surface area contributed by atoms with E-state index in [4.69, 9.17) is 39.5 Å². The molecule has 1 saturated heterocycles. The van der Waals surface area contributed by atoms with Crippen LogP contribution in [0.4, 0.5) is 5.69 Å². The number of likely N-dealkylation sites (tertiary alicyclic amines) is 1. The smallest absolute Gasteiger partial charge is 0.310 e. The molecule has 1 N–H and O–H groups in total. The molecule has 0 bridgehead atoms. The Kier molecular flexibility index (Phi) is 7.16. The van der Waals surface area contributed by atoms with Crippen LogP contribution in [0, 0.1) is 5.92 Å². The van der Waals surface area contributed by atoms with Gasteiger partial charge in [-0.05, 0) is 38.4 Å². The van der Waals surface area contributed by atoms with Gasteiger partial charge in [0, 0.05) is 11.6 Å². The van der Waals surface area contributed by atoms with Gasteiger partial charge in [-0.25, -0.2) is 0 Å². The number of hydrogen-bond acceptors (Lipinski definition) is 4. The van der Waals surface area contributed by atoms with Crippen molar-refractivity contribution in [2.24, 2.45) is 5.92 Å². The Morgan fingerprint density at radius 2 is 1.96 bits per heavy atom. The first-order valence-electron chi connectivity index (χ1n) is 7.74. The van der Waals surface area contributed by atoms with Gasteiger partial charge in [-0.1, -0.05) is 34.8 Å². The Balaban J connectivity index is 1.94. The van der Waals surface area contributed by atoms with E-state index in [0.717, 1.165) is 19.4 Å². The molecule has 1 fully saturated rings. The van der Waals surface area contributed by atoms with E-state index in [-0.39, 0.29) is 34.4 Å². The van der Waals surface area contributed by atoms with Crippen LogP contribution < -0.4 is 5.32 Å². The standard InChI is InChI=1S/C16H19Cl3N2O3/c1-2-24-16(23)10-4-3-5-21(8-10)9-14(22)20-15-12(18)6-11(17)7-13(15)19/h6-7,10H,2-5,8-9H2,1H3,(H,20,22)/t10-/m0/s1. The minimum atomic E-state index is -0.245. The van der Waals surface area contributed by atoms with Crippen molar-refractivity contribution in [3.8, 4) is 0 Å². The van der Waals surface area contributed by atoms with Crippen molar-refractivity contribution in [1.29, 1.82) is 0 Å². The van der Waals surface area contributed by atoms with Gasteiger partial charge in [-0.3, -0.25) is 14.5 Å². The van der Waals surface area contributed by atoms with Crippen molar-refractivity contribution in [1.82, 2.24) is 4.90 Å². The molecule has 1 aliphatic heterocycles. The van der Waals surface area contributed by atoms with E-state index in [2.05, 4.69) is 5.32 Å². The maximum atomic E-state index is 12.3. The van der Waals surface area contributed by atoms with Crippen LogP contribution in [-0.4, -0.2) is 43.0 Å². The van der Waals surface area contributed by atoms with Gasteiger partial charge in [0.15, 0.2) is 0 Å². The van der Waals surface area contributed by atoms with E-state index in [1.807, 2.05) is 4.90 Å². The zero-order valence-electron chi connectivity index (χ0n) is 13.3. The molecule has 0 aromatic heterocycles. The summed E-state index contributed by atoms with van der Waals surface area (Å²) in [4.78, 5) is 26.0. The number of hydrogen-bond donors (Lipinski definition) is 1. The van der Waals surface area contributed by atoms with Crippen molar-refractivity contribution in [2.45, 2.75) is 19.8 Å². The number of esters is 1. The summed E-state index contributed by atoms with van der Waals surface area (Å²) < 4.78 is 5.06. The largest absolute Gasteiger partial charge is 0.466 e. The number of piperidine rings is 1. The van der Waals surface area contributed by atoms with E-state index < -0.39 is 0 Å². The average Bonchev–Trinajstić information content (AvgIpc) is 2.51. The van der Waals surface area contributed by atoms with E-state index in [1.54, 1.807) is 6.92 Å². The number of anilines is 1. The molecule has 0 radical (unpaired) electrons. The zero-order valence-corrected chi connectivity index (χ0v) is 15.5. The Bertz CT molecular complexity index is 602. The van der Waals surface area contributed by atoms with Gasteiger partial charge in [0.05, 0.1) is 34.8 Å². The summed E-state index contributed by atoms with van der Waals surface area (Å²) in [5, 5.41) is 3.67. The summed E-state index contributed by atoms with van der Waals surface area (Å²) in [6.07, 6.45) is 1.63. The molecular weight excluding hydrogens is 375 g/mol. The van der Waals surface area contributed by atoms with Crippen LogP contribution in [0.5, 0.6) is 0 Å². The molecular formula is C16H19Cl3N2O3. The first-order valence-corrected chi connectivity index (χ1v) is 8.87. The average molecular weight is 394 g/mol. The maximum absolute atomic E-state index is 12.3. The molecule has 1 atom stereocenters. The lowest BCUT2D eigenvalue weighted by atomic mass is 9.98. The van der Waals surface area contributed by atoms with E-state index in [9.17, 15) is 9.59 Å². The minimum absolute atomic E-state index is 0.158. The monoisotopic (exact) mass is 392 g/mol. The molecule has 0 spiro atoms. The van der Waals surface area contributed by atoms with Crippen LogP contribution in [-0.2, 0) is 14.3 Å². The third-order valence-electron chi connectivity index (χ3n) is 3.76. The number of amides is 1. The van der Waals surface area contributed by atoms with Crippen molar-refractivity contribution in [3.05, 3.63) is 27.2 Å². The third kappa shape index (κ3) is 5.24. The molecule has 24 heavy (non-hydrogen) atoms. The highest BCUT2D eigenvalue weighted by Crippen LogP contribution is 2.33. The molecule has 1 aliphatic rings. The summed E-state index contributed by atoms with van der Waals surface area (Å²) in [5.41, 5.74) is 0.340. The van der Waals surface area contributed by atoms with Gasteiger partial charge in [0.1, 0.15) is 0 Å². The number of nitrogens with one attached hydrogen (secondary N) is 1. The van der Waals surface area contributed by atoms with E-state index >= 15 is 0 Å². The number of rotatable bonds is 5. The van der Waals surface area contributed by atoms with Crippen molar-refractivity contribution < 1.29 is 14.3 Å². The predicted octanol–water partition coefficient (Wildman–Crippen LogP) is 3.86. The Morgan fingerprint density at radius 1 is 1.29 bits per heavy atom. The van der Waals surface area contributed by atoms with E-state index in [1.165, 1.54) is 12.1 Å². The number of benzene rings is 1. The van der Waals surface area contributed by atoms with Crippen LogP contribution in [0.3, 0.4) is 0 Å². The fourth-order valence-corrected chi connectivity index (χ4v) is 3.61. The molecule has 0 aliphatic carbocycles. The molecule has 1 heterocycles. The molecule has 5 nitrogen and oxygen atoms in total. The maximum Gasteiger partial charge on any atom is 0.310 e. The molecule has 0 saturated carbocycles. The Hall–Kier alpha value is -1.01. The molecule has 132 valence electrons. The number of carbonyl (C=O) groups is 2. The van der Waals surface area contributed by atoms with Gasteiger partial charge >= 0.3 is 5.97 Å². The summed E-state index contributed by atoms with van der Waals surface area (Å²) in [5.74, 6) is -0.633. The molecule has 2 rings (SSSR count). The highest BCUT2D eigenvalue weighted by molar-refractivity contribution is 6.42. The second kappa shape index (κ2) is 8.90. The number of halogens is 3. The lowest BCUT2D eigenvalue weighted by Gasteiger charge is -2.30. The molecule has 1 amide bonds. The van der Waals surface area contributed by atoms with Crippen LogP contribution in [0.25, 0.3) is 0 Å². The topological polar surface area (TPSA) is 58.6 Å². The summed E-state index contributed by atoms with van der Waals surface area (Å²) in [7, 11) is 0. The lowest BCUT2D eigenvalue weighted by Crippen LogP contribution is -2.43. The van der Waals surface area contributed by atoms with E-state index in [0.29, 0.717) is 23.9 Å². The van der Waals surface area contributed by atoms with Crippen LogP contribution >= 0.6 is 34.8 Å². The van der Waals surface area contributed by atoms with Gasteiger partial charge in [0.25, 0.3) is 0 Å². The summed E-state index contributed by atoms with van der Waals surface area (Å²) in [6, 6.07) is 3.03. The van der Waals surface area contributed by atoms with Crippen LogP contribution in [0.15, 0.2) is 12.1 Å². The van der Waals surface area contributed by atoms with Crippen molar-refractivity contribution >= 4 is 52.4 Å². The predicted molar refractivity (Wildman–Crippen MR) is 95.9 cm³/mol. The minimum Gasteiger partial charge on any atom is -0.466 e. The first kappa shape index (κ1) is 19.3. The first-order chi connectivity index (χ1) is 11.4. The van der Waals surface area contributed by atoms with Gasteiger partial charge < -0.3 is 10.1 Å². The number of ether oxygens (including phenoxy) is 1. The van der Waals surface area contributed by atoms with Crippen LogP contribution in [0.2, 0.25) is 15.1 Å². The fourth-order valence-electron chi connectivity index (χ4n) is 2.70. The Morgan fingerprint density at radius 3 is 2.58 bits per heavy atom. The molecule has 1 aromatic carbocycles. The zero-order chi connectivity index (χ0) is 17.7. The summed E-state index contributed by atoms with van der Waals surface area (Å²) in [6.45, 7) is 3.57. The molecule has 0 unspecified atom stereocenters. The highest BCUT2D eigenvalue weighted by atomic mass is 35.5. The highest BCUT2D eigenvalue weighted by Gasteiger charge is 2.28. The normalized spacial score (nSPS) is 18.2. The van der Waals surface area contributed by atoms with Crippen molar-refractivity contribution in [2.75, 3.05) is 31.6 Å². The lowest BCUT2D eigenvalue weighted by molar-refractivity contribution is -0.150. The van der Waals surface area contributed by atoms with Crippen LogP contribution in [0.1, 0.15) is 19.8 Å². The molecule has 8 heteroatoms. The van der Waals surface area contributed by atoms with Gasteiger partial charge in [-0.15, -0.1) is 0 Å². The SMILES string of the molecule is CCOC(=O)[C@H]1CCCN(CC(=O)Nc2c(Cl)cc(Cl)cc2Cl)C1. The second-order valence-corrected chi connectivity index (χ2v) is 6.87. The van der Waals surface area contributed by atoms with Gasteiger partial charge in [-0.2, -0.15) is 0 Å². The second-order valence-electron chi connectivity index (χ2n) is 5.62. The number of nitrogens with zero attached hydrogens (tertiary/aromatic N) is 1. The Labute approximate surface area is 156 Å². The third-order valence-corrected chi connectivity index (χ3v) is 4.58. The fraction of sp³-hybridized carbons (Fsp3) is 0.500. The quantitative estimate of drug-likeness (QED) is 0.772. The van der Waals surface area contributed by atoms with Gasteiger partial charge in [0.2, 0.25) is 5.91 Å². The number of carbonyl (C=O) groups excluding carboxylic acids is 2. The summed E-state index contributed by atoms with van der Waals surface area (Å²) >= 11 is 18.0. The van der Waals surface area contributed by atoms with Crippen molar-refractivity contribution in [3.63, 3.8) is 0 Å².